The zero-order chi connectivity index (χ0) is 14.4. The second-order valence-electron chi connectivity index (χ2n) is 4.38. The Morgan fingerprint density at radius 3 is 2.63 bits per heavy atom. The summed E-state index contributed by atoms with van der Waals surface area (Å²) in [6, 6.07) is 4.52. The summed E-state index contributed by atoms with van der Waals surface area (Å²) in [5.74, 6) is -0.589. The van der Waals surface area contributed by atoms with Gasteiger partial charge in [0.2, 0.25) is 0 Å². The van der Waals surface area contributed by atoms with Crippen LogP contribution in [0.2, 0.25) is 0 Å². The van der Waals surface area contributed by atoms with Crippen molar-refractivity contribution in [2.45, 2.75) is 39.3 Å². The highest BCUT2D eigenvalue weighted by atomic mass is 19.1. The first-order chi connectivity index (χ1) is 8.99. The number of benzene rings is 1. The van der Waals surface area contributed by atoms with Gasteiger partial charge in [0.25, 0.3) is 5.91 Å². The SMILES string of the molecule is CCNC(C)c1ccc(OC(CC)C(N)=O)cc1F. The first-order valence-corrected chi connectivity index (χ1v) is 6.48. The van der Waals surface area contributed by atoms with Gasteiger partial charge in [0, 0.05) is 17.7 Å². The average Bonchev–Trinajstić information content (AvgIpc) is 2.35. The van der Waals surface area contributed by atoms with E-state index < -0.39 is 12.0 Å². The number of halogens is 1. The molecule has 106 valence electrons. The van der Waals surface area contributed by atoms with E-state index in [1.54, 1.807) is 19.1 Å². The number of rotatable bonds is 7. The van der Waals surface area contributed by atoms with Crippen molar-refractivity contribution in [2.75, 3.05) is 6.54 Å². The molecule has 4 nitrogen and oxygen atoms in total. The molecule has 1 aromatic carbocycles. The highest BCUT2D eigenvalue weighted by Gasteiger charge is 2.16. The van der Waals surface area contributed by atoms with E-state index in [2.05, 4.69) is 5.32 Å². The van der Waals surface area contributed by atoms with Crippen molar-refractivity contribution < 1.29 is 13.9 Å². The van der Waals surface area contributed by atoms with Crippen LogP contribution < -0.4 is 15.8 Å². The van der Waals surface area contributed by atoms with Gasteiger partial charge in [0.15, 0.2) is 6.10 Å². The van der Waals surface area contributed by atoms with Crippen LogP contribution in [0.1, 0.15) is 38.8 Å². The number of ether oxygens (including phenoxy) is 1. The number of primary amides is 1. The Balaban J connectivity index is 2.84. The molecule has 19 heavy (non-hydrogen) atoms. The van der Waals surface area contributed by atoms with E-state index in [0.717, 1.165) is 6.54 Å². The van der Waals surface area contributed by atoms with Crippen LogP contribution in [-0.2, 0) is 4.79 Å². The molecule has 0 saturated carbocycles. The summed E-state index contributed by atoms with van der Waals surface area (Å²) in [5.41, 5.74) is 5.75. The van der Waals surface area contributed by atoms with E-state index in [1.807, 2.05) is 13.8 Å². The van der Waals surface area contributed by atoms with Crippen LogP contribution in [0.5, 0.6) is 5.75 Å². The van der Waals surface area contributed by atoms with Crippen molar-refractivity contribution in [1.29, 1.82) is 0 Å². The molecule has 3 N–H and O–H groups in total. The van der Waals surface area contributed by atoms with Gasteiger partial charge in [-0.3, -0.25) is 4.79 Å². The number of hydrogen-bond acceptors (Lipinski definition) is 3. The normalized spacial score (nSPS) is 13.9. The zero-order valence-corrected chi connectivity index (χ0v) is 11.6. The highest BCUT2D eigenvalue weighted by molar-refractivity contribution is 5.79. The summed E-state index contributed by atoms with van der Waals surface area (Å²) >= 11 is 0. The van der Waals surface area contributed by atoms with Gasteiger partial charge in [-0.25, -0.2) is 4.39 Å². The van der Waals surface area contributed by atoms with Crippen LogP contribution in [0.15, 0.2) is 18.2 Å². The summed E-state index contributed by atoms with van der Waals surface area (Å²) in [6.07, 6.45) is -0.275. The van der Waals surface area contributed by atoms with Crippen molar-refractivity contribution in [3.8, 4) is 5.75 Å². The quantitative estimate of drug-likeness (QED) is 0.796. The number of carbonyl (C=O) groups is 1. The van der Waals surface area contributed by atoms with Crippen molar-refractivity contribution >= 4 is 5.91 Å². The van der Waals surface area contributed by atoms with Gasteiger partial charge in [-0.15, -0.1) is 0 Å². The lowest BCUT2D eigenvalue weighted by Gasteiger charge is -2.17. The van der Waals surface area contributed by atoms with E-state index in [1.165, 1.54) is 6.07 Å². The average molecular weight is 268 g/mol. The van der Waals surface area contributed by atoms with E-state index in [-0.39, 0.29) is 11.9 Å². The van der Waals surface area contributed by atoms with Crippen LogP contribution >= 0.6 is 0 Å². The van der Waals surface area contributed by atoms with Crippen molar-refractivity contribution in [2.24, 2.45) is 5.73 Å². The van der Waals surface area contributed by atoms with Crippen molar-refractivity contribution in [3.05, 3.63) is 29.6 Å². The van der Waals surface area contributed by atoms with E-state index in [9.17, 15) is 9.18 Å². The first-order valence-electron chi connectivity index (χ1n) is 6.48. The molecular weight excluding hydrogens is 247 g/mol. The van der Waals surface area contributed by atoms with Crippen LogP contribution in [0.25, 0.3) is 0 Å². The second kappa shape index (κ2) is 7.09. The number of nitrogens with one attached hydrogen (secondary N) is 1. The fourth-order valence-electron chi connectivity index (χ4n) is 1.86. The fraction of sp³-hybridized carbons (Fsp3) is 0.500. The predicted molar refractivity (Wildman–Crippen MR) is 72.4 cm³/mol. The molecule has 1 rings (SSSR count). The molecular formula is C14H21FN2O2. The number of amides is 1. The topological polar surface area (TPSA) is 64.3 Å². The second-order valence-corrected chi connectivity index (χ2v) is 4.38. The van der Waals surface area contributed by atoms with Crippen LogP contribution in [0, 0.1) is 5.82 Å². The molecule has 5 heteroatoms. The third-order valence-electron chi connectivity index (χ3n) is 2.92. The lowest BCUT2D eigenvalue weighted by molar-refractivity contribution is -0.124. The predicted octanol–water partition coefficient (Wildman–Crippen LogP) is 2.14. The molecule has 1 amide bonds. The summed E-state index contributed by atoms with van der Waals surface area (Å²) in [7, 11) is 0. The minimum Gasteiger partial charge on any atom is -0.481 e. The highest BCUT2D eigenvalue weighted by Crippen LogP contribution is 2.22. The van der Waals surface area contributed by atoms with E-state index in [4.69, 9.17) is 10.5 Å². The summed E-state index contributed by atoms with van der Waals surface area (Å²) in [5, 5.41) is 3.14. The van der Waals surface area contributed by atoms with Gasteiger partial charge >= 0.3 is 0 Å². The molecule has 0 bridgehead atoms. The van der Waals surface area contributed by atoms with Gasteiger partial charge in [-0.05, 0) is 26.0 Å². The minimum absolute atomic E-state index is 0.0721. The van der Waals surface area contributed by atoms with E-state index in [0.29, 0.717) is 17.7 Å². The van der Waals surface area contributed by atoms with Crippen LogP contribution in [0.4, 0.5) is 4.39 Å². The molecule has 2 unspecified atom stereocenters. The Morgan fingerprint density at radius 1 is 1.47 bits per heavy atom. The maximum Gasteiger partial charge on any atom is 0.258 e. The van der Waals surface area contributed by atoms with Gasteiger partial charge in [0.1, 0.15) is 11.6 Å². The molecule has 0 aromatic heterocycles. The summed E-state index contributed by atoms with van der Waals surface area (Å²) < 4.78 is 19.3. The molecule has 0 fully saturated rings. The number of hydrogen-bond donors (Lipinski definition) is 2. The Morgan fingerprint density at radius 2 is 2.16 bits per heavy atom. The maximum absolute atomic E-state index is 13.9. The fourth-order valence-corrected chi connectivity index (χ4v) is 1.86. The van der Waals surface area contributed by atoms with Crippen molar-refractivity contribution in [3.63, 3.8) is 0 Å². The minimum atomic E-state index is -0.726. The molecule has 0 radical (unpaired) electrons. The van der Waals surface area contributed by atoms with Gasteiger partial charge in [-0.2, -0.15) is 0 Å². The third kappa shape index (κ3) is 4.21. The van der Waals surface area contributed by atoms with E-state index >= 15 is 0 Å². The van der Waals surface area contributed by atoms with Crippen LogP contribution in [0.3, 0.4) is 0 Å². The molecule has 0 aliphatic heterocycles. The molecule has 0 heterocycles. The smallest absolute Gasteiger partial charge is 0.258 e. The zero-order valence-electron chi connectivity index (χ0n) is 11.6. The monoisotopic (exact) mass is 268 g/mol. The summed E-state index contributed by atoms with van der Waals surface area (Å²) in [6.45, 7) is 6.40. The molecule has 0 saturated heterocycles. The summed E-state index contributed by atoms with van der Waals surface area (Å²) in [4.78, 5) is 11.1. The Labute approximate surface area is 113 Å². The molecule has 0 spiro atoms. The molecule has 2 atom stereocenters. The Hall–Kier alpha value is -1.62. The number of nitrogens with two attached hydrogens (primary N) is 1. The maximum atomic E-state index is 13.9. The standard InChI is InChI=1S/C14H21FN2O2/c1-4-13(14(16)18)19-10-6-7-11(12(15)8-10)9(3)17-5-2/h6-9,13,17H,4-5H2,1-3H3,(H2,16,18). The molecule has 0 aliphatic carbocycles. The van der Waals surface area contributed by atoms with Crippen molar-refractivity contribution in [1.82, 2.24) is 5.32 Å². The molecule has 1 aromatic rings. The van der Waals surface area contributed by atoms with Crippen LogP contribution in [-0.4, -0.2) is 18.6 Å². The van der Waals surface area contributed by atoms with Gasteiger partial charge in [-0.1, -0.05) is 19.9 Å². The van der Waals surface area contributed by atoms with Gasteiger partial charge in [0.05, 0.1) is 0 Å². The first kappa shape index (κ1) is 15.4. The Bertz CT molecular complexity index is 437. The lowest BCUT2D eigenvalue weighted by atomic mass is 10.1. The largest absolute Gasteiger partial charge is 0.481 e. The third-order valence-corrected chi connectivity index (χ3v) is 2.92. The molecule has 0 aliphatic rings. The Kier molecular flexibility index (Phi) is 5.76. The number of carbonyl (C=O) groups excluding carboxylic acids is 1. The lowest BCUT2D eigenvalue weighted by Crippen LogP contribution is -2.33. The van der Waals surface area contributed by atoms with Gasteiger partial charge < -0.3 is 15.8 Å².